The van der Waals surface area contributed by atoms with E-state index in [1.54, 1.807) is 9.42 Å². The lowest BCUT2D eigenvalue weighted by Gasteiger charge is -2.35. The zero-order chi connectivity index (χ0) is 23.9. The normalized spacial score (nSPS) is 16.8. The number of rotatable bonds is 5. The number of piperidine rings is 1. The first-order valence-corrected chi connectivity index (χ1v) is 12.6. The Morgan fingerprint density at radius 3 is 2.67 bits per heavy atom. The van der Waals surface area contributed by atoms with Crippen LogP contribution < -0.4 is 10.0 Å². The van der Waals surface area contributed by atoms with Crippen LogP contribution in [0, 0.1) is 19.7 Å². The zero-order valence-corrected chi connectivity index (χ0v) is 19.8. The number of likely N-dealkylation sites (tertiary alicyclic amines) is 1. The van der Waals surface area contributed by atoms with E-state index in [9.17, 15) is 17.6 Å². The summed E-state index contributed by atoms with van der Waals surface area (Å²) >= 11 is 0. The Bertz CT molecular complexity index is 1340. The molecule has 0 saturated carbocycles. The number of hydrogen-bond donors (Lipinski definition) is 2. The van der Waals surface area contributed by atoms with Crippen LogP contribution in [0.3, 0.4) is 0 Å². The first-order chi connectivity index (χ1) is 15.6. The van der Waals surface area contributed by atoms with Crippen molar-refractivity contribution in [3.05, 3.63) is 52.6 Å². The average Bonchev–Trinajstić information content (AvgIpc) is 3.17. The minimum absolute atomic E-state index is 0.0307. The van der Waals surface area contributed by atoms with Gasteiger partial charge in [-0.25, -0.2) is 17.8 Å². The summed E-state index contributed by atoms with van der Waals surface area (Å²) in [5.74, 6) is -0.244. The number of aromatic nitrogens is 3. The maximum absolute atomic E-state index is 14.0. The van der Waals surface area contributed by atoms with Crippen LogP contribution in [-0.4, -0.2) is 53.7 Å². The summed E-state index contributed by atoms with van der Waals surface area (Å²) in [4.78, 5) is 19.8. The summed E-state index contributed by atoms with van der Waals surface area (Å²) < 4.78 is 41.7. The van der Waals surface area contributed by atoms with Crippen LogP contribution in [-0.2, 0) is 10.0 Å². The fourth-order valence-electron chi connectivity index (χ4n) is 4.29. The second-order valence-electron chi connectivity index (χ2n) is 8.33. The third-order valence-corrected chi connectivity index (χ3v) is 6.54. The summed E-state index contributed by atoms with van der Waals surface area (Å²) in [7, 11) is -1.83. The SMILES string of the molecule is CNc1c(C)c(C)nc2cc([C@@H]3CCCCN3C(=O)c3cc(F)ccc3NS(C)(=O)=O)nn12. The summed E-state index contributed by atoms with van der Waals surface area (Å²) in [5, 5.41) is 7.91. The minimum atomic E-state index is -3.65. The van der Waals surface area contributed by atoms with E-state index in [4.69, 9.17) is 5.10 Å². The highest BCUT2D eigenvalue weighted by Crippen LogP contribution is 2.34. The van der Waals surface area contributed by atoms with Crippen molar-refractivity contribution in [2.24, 2.45) is 0 Å². The number of carbonyl (C=O) groups is 1. The van der Waals surface area contributed by atoms with Gasteiger partial charge in [-0.15, -0.1) is 0 Å². The molecule has 0 bridgehead atoms. The number of amides is 1. The zero-order valence-electron chi connectivity index (χ0n) is 19.0. The van der Waals surface area contributed by atoms with Gasteiger partial charge >= 0.3 is 0 Å². The molecule has 3 heterocycles. The smallest absolute Gasteiger partial charge is 0.256 e. The molecule has 1 fully saturated rings. The van der Waals surface area contributed by atoms with Crippen LogP contribution in [0.2, 0.25) is 0 Å². The summed E-state index contributed by atoms with van der Waals surface area (Å²) in [6.07, 6.45) is 3.37. The van der Waals surface area contributed by atoms with Crippen LogP contribution in [0.25, 0.3) is 5.65 Å². The molecule has 0 spiro atoms. The van der Waals surface area contributed by atoms with Gasteiger partial charge in [0.05, 0.1) is 29.2 Å². The van der Waals surface area contributed by atoms with E-state index in [0.29, 0.717) is 24.3 Å². The molecule has 11 heteroatoms. The highest BCUT2D eigenvalue weighted by molar-refractivity contribution is 7.92. The van der Waals surface area contributed by atoms with Gasteiger partial charge in [-0.3, -0.25) is 9.52 Å². The number of fused-ring (bicyclic) bond motifs is 1. The van der Waals surface area contributed by atoms with Gasteiger partial charge in [0.1, 0.15) is 11.6 Å². The van der Waals surface area contributed by atoms with Gasteiger partial charge < -0.3 is 10.2 Å². The summed E-state index contributed by atoms with van der Waals surface area (Å²) in [6, 6.07) is 4.98. The second-order valence-corrected chi connectivity index (χ2v) is 10.1. The third-order valence-electron chi connectivity index (χ3n) is 5.95. The molecule has 1 amide bonds. The highest BCUT2D eigenvalue weighted by Gasteiger charge is 2.32. The van der Waals surface area contributed by atoms with Gasteiger partial charge in [0.25, 0.3) is 5.91 Å². The molecule has 2 N–H and O–H groups in total. The molecule has 1 saturated heterocycles. The van der Waals surface area contributed by atoms with Crippen LogP contribution in [0.15, 0.2) is 24.3 Å². The Morgan fingerprint density at radius 2 is 1.97 bits per heavy atom. The number of anilines is 2. The highest BCUT2D eigenvalue weighted by atomic mass is 32.2. The van der Waals surface area contributed by atoms with Crippen molar-refractivity contribution in [1.29, 1.82) is 0 Å². The van der Waals surface area contributed by atoms with Crippen molar-refractivity contribution in [2.45, 2.75) is 39.2 Å². The van der Waals surface area contributed by atoms with Crippen molar-refractivity contribution in [3.63, 3.8) is 0 Å². The molecule has 0 aliphatic carbocycles. The molecule has 0 radical (unpaired) electrons. The number of hydrogen-bond acceptors (Lipinski definition) is 6. The Kier molecular flexibility index (Phi) is 6.00. The molecule has 4 rings (SSSR count). The van der Waals surface area contributed by atoms with E-state index in [2.05, 4.69) is 15.0 Å². The number of carbonyl (C=O) groups excluding carboxylic acids is 1. The Hall–Kier alpha value is -3.21. The quantitative estimate of drug-likeness (QED) is 0.588. The number of halogens is 1. The lowest BCUT2D eigenvalue weighted by atomic mass is 9.98. The van der Waals surface area contributed by atoms with Crippen LogP contribution in [0.5, 0.6) is 0 Å². The van der Waals surface area contributed by atoms with Gasteiger partial charge in [-0.1, -0.05) is 0 Å². The second kappa shape index (κ2) is 8.62. The Morgan fingerprint density at radius 1 is 1.21 bits per heavy atom. The maximum Gasteiger partial charge on any atom is 0.256 e. The van der Waals surface area contributed by atoms with Crippen LogP contribution >= 0.6 is 0 Å². The Labute approximate surface area is 192 Å². The van der Waals surface area contributed by atoms with E-state index in [0.717, 1.165) is 48.3 Å². The lowest BCUT2D eigenvalue weighted by Crippen LogP contribution is -2.39. The third kappa shape index (κ3) is 4.50. The lowest BCUT2D eigenvalue weighted by molar-refractivity contribution is 0.0606. The maximum atomic E-state index is 14.0. The van der Waals surface area contributed by atoms with Crippen molar-refractivity contribution >= 4 is 33.1 Å². The standard InChI is InChI=1S/C22H27FN6O3S/c1-13-14(2)25-20-12-18(26-29(20)21(13)24-3)19-7-5-6-10-28(19)22(30)16-11-15(23)8-9-17(16)27-33(4,31)32/h8-9,11-12,19,24,27H,5-7,10H2,1-4H3/t19-/m0/s1. The van der Waals surface area contributed by atoms with E-state index < -0.39 is 21.7 Å². The fraction of sp³-hybridized carbons (Fsp3) is 0.409. The molecule has 3 aromatic rings. The van der Waals surface area contributed by atoms with E-state index >= 15 is 0 Å². The first-order valence-electron chi connectivity index (χ1n) is 10.7. The first kappa shape index (κ1) is 23.0. The molecule has 1 atom stereocenters. The van der Waals surface area contributed by atoms with Gasteiger partial charge in [0.2, 0.25) is 10.0 Å². The average molecular weight is 475 g/mol. The van der Waals surface area contributed by atoms with Crippen molar-refractivity contribution in [2.75, 3.05) is 29.9 Å². The van der Waals surface area contributed by atoms with Gasteiger partial charge in [-0.2, -0.15) is 9.61 Å². The molecule has 1 aliphatic rings. The van der Waals surface area contributed by atoms with Crippen molar-refractivity contribution in [1.82, 2.24) is 19.5 Å². The predicted molar refractivity (Wildman–Crippen MR) is 125 cm³/mol. The van der Waals surface area contributed by atoms with Crippen molar-refractivity contribution in [3.8, 4) is 0 Å². The molecular formula is C22H27FN6O3S. The van der Waals surface area contributed by atoms with Gasteiger partial charge in [-0.05, 0) is 51.3 Å². The molecular weight excluding hydrogens is 447 g/mol. The molecule has 1 aliphatic heterocycles. The monoisotopic (exact) mass is 474 g/mol. The number of nitrogens with zero attached hydrogens (tertiary/aromatic N) is 4. The largest absolute Gasteiger partial charge is 0.373 e. The molecule has 176 valence electrons. The number of sulfonamides is 1. The summed E-state index contributed by atoms with van der Waals surface area (Å²) in [6.45, 7) is 4.35. The molecule has 33 heavy (non-hydrogen) atoms. The van der Waals surface area contributed by atoms with E-state index in [-0.39, 0.29) is 17.3 Å². The number of benzene rings is 1. The van der Waals surface area contributed by atoms with E-state index in [1.807, 2.05) is 27.0 Å². The molecule has 1 aromatic carbocycles. The fourth-order valence-corrected chi connectivity index (χ4v) is 4.87. The number of nitrogens with one attached hydrogen (secondary N) is 2. The number of aryl methyl sites for hydroxylation is 1. The van der Waals surface area contributed by atoms with Gasteiger partial charge in [0, 0.05) is 30.9 Å². The van der Waals surface area contributed by atoms with Gasteiger partial charge in [0.15, 0.2) is 5.65 Å². The Balaban J connectivity index is 1.76. The van der Waals surface area contributed by atoms with Crippen molar-refractivity contribution < 1.29 is 17.6 Å². The summed E-state index contributed by atoms with van der Waals surface area (Å²) in [5.41, 5.74) is 3.23. The molecule has 9 nitrogen and oxygen atoms in total. The topological polar surface area (TPSA) is 109 Å². The minimum Gasteiger partial charge on any atom is -0.373 e. The molecule has 2 aromatic heterocycles. The predicted octanol–water partition coefficient (Wildman–Crippen LogP) is 3.27. The van der Waals surface area contributed by atoms with Crippen LogP contribution in [0.1, 0.15) is 52.6 Å². The molecule has 0 unspecified atom stereocenters. The van der Waals surface area contributed by atoms with Crippen LogP contribution in [0.4, 0.5) is 15.9 Å². The van der Waals surface area contributed by atoms with E-state index in [1.165, 1.54) is 6.07 Å².